The third kappa shape index (κ3) is 3.32. The van der Waals surface area contributed by atoms with Gasteiger partial charge in [-0.05, 0) is 24.1 Å². The first-order valence-corrected chi connectivity index (χ1v) is 7.43. The molecule has 0 aliphatic rings. The van der Waals surface area contributed by atoms with Crippen LogP contribution in [-0.4, -0.2) is 31.8 Å². The lowest BCUT2D eigenvalue weighted by molar-refractivity contribution is -0.121. The van der Waals surface area contributed by atoms with Gasteiger partial charge in [0.2, 0.25) is 5.91 Å². The van der Waals surface area contributed by atoms with Crippen molar-refractivity contribution >= 4 is 16.9 Å². The van der Waals surface area contributed by atoms with E-state index in [9.17, 15) is 14.0 Å². The average molecular weight is 329 g/mol. The molecule has 0 unspecified atom stereocenters. The maximum absolute atomic E-state index is 13.1. The summed E-state index contributed by atoms with van der Waals surface area (Å²) in [6, 6.07) is 6.22. The molecule has 3 rings (SSSR count). The maximum Gasteiger partial charge on any atom is 0.264 e. The van der Waals surface area contributed by atoms with Crippen LogP contribution < -0.4 is 10.9 Å². The van der Waals surface area contributed by atoms with E-state index in [1.54, 1.807) is 19.2 Å². The van der Waals surface area contributed by atoms with Gasteiger partial charge in [0.25, 0.3) is 5.56 Å². The van der Waals surface area contributed by atoms with Gasteiger partial charge in [-0.3, -0.25) is 18.8 Å². The zero-order valence-electron chi connectivity index (χ0n) is 13.1. The largest absolute Gasteiger partial charge is 0.354 e. The highest BCUT2D eigenvalue weighted by Crippen LogP contribution is 2.04. The Morgan fingerprint density at radius 3 is 3.00 bits per heavy atom. The van der Waals surface area contributed by atoms with Crippen LogP contribution in [0.5, 0.6) is 0 Å². The highest BCUT2D eigenvalue weighted by Gasteiger charge is 2.10. The van der Waals surface area contributed by atoms with Gasteiger partial charge in [-0.15, -0.1) is 0 Å². The number of carbonyl (C=O) groups is 1. The Morgan fingerprint density at radius 2 is 2.21 bits per heavy atom. The molecule has 0 radical (unpaired) electrons. The van der Waals surface area contributed by atoms with Crippen molar-refractivity contribution in [2.24, 2.45) is 7.05 Å². The van der Waals surface area contributed by atoms with Gasteiger partial charge in [0.1, 0.15) is 24.1 Å². The lowest BCUT2D eigenvalue weighted by Gasteiger charge is -2.07. The van der Waals surface area contributed by atoms with E-state index in [4.69, 9.17) is 0 Å². The molecule has 124 valence electrons. The fraction of sp³-hybridized carbons (Fsp3) is 0.250. The van der Waals surface area contributed by atoms with Crippen molar-refractivity contribution in [1.82, 2.24) is 24.6 Å². The van der Waals surface area contributed by atoms with Crippen molar-refractivity contribution in [1.29, 1.82) is 0 Å². The summed E-state index contributed by atoms with van der Waals surface area (Å²) in [6.07, 6.45) is 3.28. The van der Waals surface area contributed by atoms with Crippen molar-refractivity contribution in [3.63, 3.8) is 0 Å². The Morgan fingerprint density at radius 1 is 1.38 bits per heavy atom. The lowest BCUT2D eigenvalue weighted by atomic mass is 10.1. The monoisotopic (exact) mass is 329 g/mol. The minimum atomic E-state index is -0.312. The van der Waals surface area contributed by atoms with Crippen LogP contribution in [0.2, 0.25) is 0 Å². The van der Waals surface area contributed by atoms with E-state index in [1.165, 1.54) is 33.9 Å². The van der Waals surface area contributed by atoms with E-state index in [0.717, 1.165) is 5.56 Å². The summed E-state index contributed by atoms with van der Waals surface area (Å²) < 4.78 is 15.8. The van der Waals surface area contributed by atoms with Crippen molar-refractivity contribution in [3.8, 4) is 0 Å². The topological polar surface area (TPSA) is 81.8 Å². The summed E-state index contributed by atoms with van der Waals surface area (Å²) in [6.45, 7) is 0.236. The highest BCUT2D eigenvalue weighted by atomic mass is 19.1. The molecule has 2 heterocycles. The van der Waals surface area contributed by atoms with Gasteiger partial charge >= 0.3 is 0 Å². The van der Waals surface area contributed by atoms with Crippen LogP contribution in [0.25, 0.3) is 11.0 Å². The van der Waals surface area contributed by atoms with E-state index in [-0.39, 0.29) is 23.8 Å². The van der Waals surface area contributed by atoms with E-state index < -0.39 is 0 Å². The summed E-state index contributed by atoms with van der Waals surface area (Å²) in [4.78, 5) is 28.4. The molecular weight excluding hydrogens is 313 g/mol. The zero-order valence-corrected chi connectivity index (χ0v) is 13.1. The Bertz CT molecular complexity index is 947. The molecule has 2 aromatic heterocycles. The number of nitrogens with one attached hydrogen (secondary N) is 1. The van der Waals surface area contributed by atoms with Gasteiger partial charge in [-0.1, -0.05) is 12.1 Å². The number of rotatable bonds is 5. The molecule has 1 aromatic carbocycles. The number of hydrogen-bond donors (Lipinski definition) is 1. The molecular formula is C16H16FN5O2. The summed E-state index contributed by atoms with van der Waals surface area (Å²) >= 11 is 0. The van der Waals surface area contributed by atoms with Crippen LogP contribution in [0, 0.1) is 5.82 Å². The van der Waals surface area contributed by atoms with Crippen LogP contribution in [0.15, 0.2) is 41.6 Å². The number of fused-ring (bicyclic) bond motifs is 1. The fourth-order valence-electron chi connectivity index (χ4n) is 2.43. The lowest BCUT2D eigenvalue weighted by Crippen LogP contribution is -2.33. The first-order chi connectivity index (χ1) is 11.5. The molecule has 0 spiro atoms. The number of nitrogens with zero attached hydrogens (tertiary/aromatic N) is 4. The van der Waals surface area contributed by atoms with Crippen LogP contribution in [0.1, 0.15) is 5.56 Å². The summed E-state index contributed by atoms with van der Waals surface area (Å²) in [5, 5.41) is 7.05. The molecule has 1 amide bonds. The second-order valence-electron chi connectivity index (χ2n) is 5.41. The first-order valence-electron chi connectivity index (χ1n) is 7.43. The predicted molar refractivity (Wildman–Crippen MR) is 85.9 cm³/mol. The molecule has 0 aliphatic carbocycles. The summed E-state index contributed by atoms with van der Waals surface area (Å²) in [5.41, 5.74) is 0.960. The van der Waals surface area contributed by atoms with Crippen LogP contribution >= 0.6 is 0 Å². The smallest absolute Gasteiger partial charge is 0.264 e. The SMILES string of the molecule is Cn1ncc2c(=O)n(CC(=O)NCCc3cccc(F)c3)cnc21. The number of hydrogen-bond acceptors (Lipinski definition) is 4. The molecule has 3 aromatic rings. The number of aromatic nitrogens is 4. The number of amides is 1. The van der Waals surface area contributed by atoms with Crippen molar-refractivity contribution < 1.29 is 9.18 Å². The van der Waals surface area contributed by atoms with Crippen molar-refractivity contribution in [3.05, 3.63) is 58.5 Å². The predicted octanol–water partition coefficient (Wildman–Crippen LogP) is 0.628. The van der Waals surface area contributed by atoms with Gasteiger partial charge in [-0.25, -0.2) is 9.37 Å². The highest BCUT2D eigenvalue weighted by molar-refractivity contribution is 5.77. The number of halogens is 1. The van der Waals surface area contributed by atoms with Gasteiger partial charge in [0.15, 0.2) is 5.65 Å². The second-order valence-corrected chi connectivity index (χ2v) is 5.41. The van der Waals surface area contributed by atoms with E-state index in [0.29, 0.717) is 24.0 Å². The molecule has 0 saturated heterocycles. The Balaban J connectivity index is 1.61. The maximum atomic E-state index is 13.1. The Labute approximate surface area is 136 Å². The molecule has 24 heavy (non-hydrogen) atoms. The molecule has 0 aliphatic heterocycles. The number of benzene rings is 1. The van der Waals surface area contributed by atoms with Crippen LogP contribution in [0.4, 0.5) is 4.39 Å². The van der Waals surface area contributed by atoms with E-state index in [2.05, 4.69) is 15.4 Å². The van der Waals surface area contributed by atoms with Crippen LogP contribution in [-0.2, 0) is 24.8 Å². The summed E-state index contributed by atoms with van der Waals surface area (Å²) in [5.74, 6) is -0.611. The van der Waals surface area contributed by atoms with E-state index in [1.807, 2.05) is 0 Å². The molecule has 0 fully saturated rings. The van der Waals surface area contributed by atoms with Gasteiger partial charge in [0.05, 0.1) is 6.20 Å². The zero-order chi connectivity index (χ0) is 17.1. The molecule has 1 N–H and O–H groups in total. The molecule has 7 nitrogen and oxygen atoms in total. The van der Waals surface area contributed by atoms with E-state index >= 15 is 0 Å². The fourth-order valence-corrected chi connectivity index (χ4v) is 2.43. The van der Waals surface area contributed by atoms with Crippen LogP contribution in [0.3, 0.4) is 0 Å². The summed E-state index contributed by atoms with van der Waals surface area (Å²) in [7, 11) is 1.69. The standard InChI is InChI=1S/C16H16FN5O2/c1-21-15-13(8-20-21)16(24)22(10-19-15)9-14(23)18-6-5-11-3-2-4-12(17)7-11/h2-4,7-8,10H,5-6,9H2,1H3,(H,18,23). The first kappa shape index (κ1) is 15.9. The molecule has 0 saturated carbocycles. The van der Waals surface area contributed by atoms with Gasteiger partial charge in [-0.2, -0.15) is 5.10 Å². The second kappa shape index (κ2) is 6.61. The quantitative estimate of drug-likeness (QED) is 0.744. The number of carbonyl (C=O) groups excluding carboxylic acids is 1. The van der Waals surface area contributed by atoms with Gasteiger partial charge in [0, 0.05) is 13.6 Å². The minimum absolute atomic E-state index is 0.125. The van der Waals surface area contributed by atoms with Gasteiger partial charge < -0.3 is 5.32 Å². The molecule has 8 heteroatoms. The average Bonchev–Trinajstić information content (AvgIpc) is 2.92. The molecule has 0 bridgehead atoms. The Hall–Kier alpha value is -3.03. The third-order valence-corrected chi connectivity index (χ3v) is 3.66. The third-order valence-electron chi connectivity index (χ3n) is 3.66. The number of aryl methyl sites for hydroxylation is 1. The Kier molecular flexibility index (Phi) is 4.37. The van der Waals surface area contributed by atoms with Crippen molar-refractivity contribution in [2.75, 3.05) is 6.54 Å². The normalized spacial score (nSPS) is 10.9. The molecule has 0 atom stereocenters. The minimum Gasteiger partial charge on any atom is -0.354 e. The van der Waals surface area contributed by atoms with Crippen molar-refractivity contribution in [2.45, 2.75) is 13.0 Å².